The number of amides is 1. The largest absolute Gasteiger partial charge is 0.496 e. The summed E-state index contributed by atoms with van der Waals surface area (Å²) in [5.41, 5.74) is 2.87. The molecule has 0 aliphatic heterocycles. The number of methoxy groups -OCH3 is 1. The van der Waals surface area contributed by atoms with Crippen molar-refractivity contribution < 1.29 is 9.53 Å². The summed E-state index contributed by atoms with van der Waals surface area (Å²) in [6, 6.07) is 22.3. The average molecular weight is 370 g/mol. The van der Waals surface area contributed by atoms with Crippen molar-refractivity contribution in [3.63, 3.8) is 0 Å². The van der Waals surface area contributed by atoms with Gasteiger partial charge in [0.2, 0.25) is 0 Å². The first-order chi connectivity index (χ1) is 13.8. The number of carbonyl (C=O) groups excluding carboxylic acids is 1. The van der Waals surface area contributed by atoms with Gasteiger partial charge in [0.1, 0.15) is 11.6 Å². The molecule has 0 unspecified atom stereocenters. The molecule has 0 radical (unpaired) electrons. The van der Waals surface area contributed by atoms with Gasteiger partial charge in [-0.05, 0) is 36.4 Å². The molecule has 2 aromatic carbocycles. The lowest BCUT2D eigenvalue weighted by atomic mass is 10.2. The zero-order valence-corrected chi connectivity index (χ0v) is 15.2. The van der Waals surface area contributed by atoms with Crippen LogP contribution in [0.3, 0.4) is 0 Å². The molecule has 0 fully saturated rings. The number of rotatable bonds is 5. The molecule has 6 nitrogen and oxygen atoms in total. The first-order valence-electron chi connectivity index (χ1n) is 8.76. The van der Waals surface area contributed by atoms with E-state index in [1.54, 1.807) is 42.4 Å². The number of ether oxygens (including phenoxy) is 1. The Bertz CT molecular complexity index is 1090. The van der Waals surface area contributed by atoms with Crippen LogP contribution in [0.5, 0.6) is 5.75 Å². The maximum absolute atomic E-state index is 12.9. The van der Waals surface area contributed by atoms with E-state index in [0.29, 0.717) is 22.8 Å². The summed E-state index contributed by atoms with van der Waals surface area (Å²) in [4.78, 5) is 17.0. The zero-order chi connectivity index (χ0) is 19.3. The van der Waals surface area contributed by atoms with E-state index in [1.807, 2.05) is 54.6 Å². The molecule has 0 atom stereocenters. The lowest BCUT2D eigenvalue weighted by molar-refractivity contribution is 0.102. The summed E-state index contributed by atoms with van der Waals surface area (Å²) >= 11 is 0. The maximum Gasteiger partial charge on any atom is 0.260 e. The van der Waals surface area contributed by atoms with Crippen molar-refractivity contribution in [3.05, 3.63) is 90.8 Å². The van der Waals surface area contributed by atoms with Crippen LogP contribution in [0.15, 0.2) is 85.2 Å². The topological polar surface area (TPSA) is 69.0 Å². The number of nitrogens with zero attached hydrogens (tertiary/aromatic N) is 3. The number of para-hydroxylation sites is 2. The van der Waals surface area contributed by atoms with Gasteiger partial charge in [-0.25, -0.2) is 4.68 Å². The molecule has 138 valence electrons. The van der Waals surface area contributed by atoms with Gasteiger partial charge in [0.05, 0.1) is 24.1 Å². The Morgan fingerprint density at radius 3 is 2.54 bits per heavy atom. The number of aromatic nitrogens is 3. The van der Waals surface area contributed by atoms with E-state index in [-0.39, 0.29) is 5.91 Å². The fraction of sp³-hybridized carbons (Fsp3) is 0.0455. The summed E-state index contributed by atoms with van der Waals surface area (Å²) < 4.78 is 7.01. The van der Waals surface area contributed by atoms with Crippen LogP contribution in [0.1, 0.15) is 10.4 Å². The summed E-state index contributed by atoms with van der Waals surface area (Å²) in [6.45, 7) is 0. The summed E-state index contributed by atoms with van der Waals surface area (Å²) in [5, 5.41) is 7.62. The van der Waals surface area contributed by atoms with Gasteiger partial charge in [-0.2, -0.15) is 5.10 Å². The predicted octanol–water partition coefficient (Wildman–Crippen LogP) is 4.20. The normalized spacial score (nSPS) is 10.5. The lowest BCUT2D eigenvalue weighted by Gasteiger charge is -2.11. The average Bonchev–Trinajstić information content (AvgIpc) is 3.18. The highest BCUT2D eigenvalue weighted by atomic mass is 16.5. The first-order valence-corrected chi connectivity index (χ1v) is 8.76. The molecule has 2 heterocycles. The molecule has 2 aromatic heterocycles. The van der Waals surface area contributed by atoms with E-state index in [1.165, 1.54) is 0 Å². The molecule has 0 aliphatic rings. The van der Waals surface area contributed by atoms with Crippen molar-refractivity contribution >= 4 is 11.7 Å². The highest BCUT2D eigenvalue weighted by Crippen LogP contribution is 2.26. The lowest BCUT2D eigenvalue weighted by Crippen LogP contribution is -2.16. The van der Waals surface area contributed by atoms with Crippen LogP contribution >= 0.6 is 0 Å². The minimum absolute atomic E-state index is 0.271. The molecule has 1 amide bonds. The van der Waals surface area contributed by atoms with E-state index in [2.05, 4.69) is 15.4 Å². The molecule has 4 rings (SSSR count). The standard InChI is InChI=1S/C22H18N4O2/c1-28-20-12-6-5-11-18(20)22(27)24-21-14-19(16-8-7-13-23-15-16)25-26(21)17-9-3-2-4-10-17/h2-15H,1H3,(H,24,27). The van der Waals surface area contributed by atoms with Crippen molar-refractivity contribution in [1.82, 2.24) is 14.8 Å². The Kier molecular flexibility index (Phi) is 4.84. The second kappa shape index (κ2) is 7.75. The Morgan fingerprint density at radius 2 is 1.79 bits per heavy atom. The molecular formula is C22H18N4O2. The Morgan fingerprint density at radius 1 is 1.00 bits per heavy atom. The number of pyridine rings is 1. The van der Waals surface area contributed by atoms with Gasteiger partial charge in [0.25, 0.3) is 5.91 Å². The third-order valence-electron chi connectivity index (χ3n) is 4.26. The highest BCUT2D eigenvalue weighted by molar-refractivity contribution is 6.06. The Labute approximate surface area is 162 Å². The number of hydrogen-bond donors (Lipinski definition) is 1. The fourth-order valence-electron chi connectivity index (χ4n) is 2.91. The fourth-order valence-corrected chi connectivity index (χ4v) is 2.91. The van der Waals surface area contributed by atoms with Gasteiger partial charge >= 0.3 is 0 Å². The van der Waals surface area contributed by atoms with Crippen molar-refractivity contribution in [2.75, 3.05) is 12.4 Å². The molecule has 0 bridgehead atoms. The van der Waals surface area contributed by atoms with Gasteiger partial charge in [-0.15, -0.1) is 0 Å². The number of carbonyl (C=O) groups is 1. The van der Waals surface area contributed by atoms with E-state index in [9.17, 15) is 4.79 Å². The van der Waals surface area contributed by atoms with E-state index in [0.717, 1.165) is 11.3 Å². The molecule has 6 heteroatoms. The smallest absolute Gasteiger partial charge is 0.260 e. The van der Waals surface area contributed by atoms with Crippen LogP contribution < -0.4 is 10.1 Å². The van der Waals surface area contributed by atoms with Crippen LogP contribution in [0.4, 0.5) is 5.82 Å². The van der Waals surface area contributed by atoms with Gasteiger partial charge < -0.3 is 10.1 Å². The minimum Gasteiger partial charge on any atom is -0.496 e. The molecule has 0 aliphatic carbocycles. The van der Waals surface area contributed by atoms with Crippen molar-refractivity contribution in [2.45, 2.75) is 0 Å². The maximum atomic E-state index is 12.9. The quantitative estimate of drug-likeness (QED) is 0.572. The SMILES string of the molecule is COc1ccccc1C(=O)Nc1cc(-c2cccnc2)nn1-c1ccccc1. The van der Waals surface area contributed by atoms with Crippen LogP contribution in [0, 0.1) is 0 Å². The minimum atomic E-state index is -0.271. The molecular weight excluding hydrogens is 352 g/mol. The van der Waals surface area contributed by atoms with E-state index >= 15 is 0 Å². The first kappa shape index (κ1) is 17.5. The number of nitrogens with one attached hydrogen (secondary N) is 1. The second-order valence-electron chi connectivity index (χ2n) is 6.06. The molecule has 0 saturated carbocycles. The van der Waals surface area contributed by atoms with Gasteiger partial charge in [0, 0.05) is 24.0 Å². The van der Waals surface area contributed by atoms with Crippen LogP contribution in [-0.4, -0.2) is 27.8 Å². The molecule has 0 saturated heterocycles. The number of anilines is 1. The van der Waals surface area contributed by atoms with Crippen molar-refractivity contribution in [3.8, 4) is 22.7 Å². The summed E-state index contributed by atoms with van der Waals surface area (Å²) in [7, 11) is 1.54. The van der Waals surface area contributed by atoms with Gasteiger partial charge in [0.15, 0.2) is 0 Å². The molecule has 0 spiro atoms. The number of benzene rings is 2. The number of hydrogen-bond acceptors (Lipinski definition) is 4. The second-order valence-corrected chi connectivity index (χ2v) is 6.06. The summed E-state index contributed by atoms with van der Waals surface area (Å²) in [6.07, 6.45) is 3.45. The Balaban J connectivity index is 1.75. The molecule has 1 N–H and O–H groups in total. The summed E-state index contributed by atoms with van der Waals surface area (Å²) in [5.74, 6) is 0.798. The zero-order valence-electron chi connectivity index (χ0n) is 15.2. The van der Waals surface area contributed by atoms with Gasteiger partial charge in [-0.1, -0.05) is 30.3 Å². The van der Waals surface area contributed by atoms with Crippen LogP contribution in [-0.2, 0) is 0 Å². The predicted molar refractivity (Wildman–Crippen MR) is 108 cm³/mol. The van der Waals surface area contributed by atoms with Crippen molar-refractivity contribution in [1.29, 1.82) is 0 Å². The molecule has 28 heavy (non-hydrogen) atoms. The van der Waals surface area contributed by atoms with Crippen molar-refractivity contribution in [2.24, 2.45) is 0 Å². The molecule has 4 aromatic rings. The van der Waals surface area contributed by atoms with E-state index in [4.69, 9.17) is 4.74 Å². The van der Waals surface area contributed by atoms with E-state index < -0.39 is 0 Å². The highest BCUT2D eigenvalue weighted by Gasteiger charge is 2.17. The third-order valence-corrected chi connectivity index (χ3v) is 4.26. The van der Waals surface area contributed by atoms with Crippen LogP contribution in [0.25, 0.3) is 16.9 Å². The van der Waals surface area contributed by atoms with Gasteiger partial charge in [-0.3, -0.25) is 9.78 Å². The third kappa shape index (κ3) is 3.48. The monoisotopic (exact) mass is 370 g/mol. The van der Waals surface area contributed by atoms with Crippen LogP contribution in [0.2, 0.25) is 0 Å². The Hall–Kier alpha value is -3.93.